The van der Waals surface area contributed by atoms with Crippen molar-refractivity contribution in [1.29, 1.82) is 0 Å². The predicted molar refractivity (Wildman–Crippen MR) is 92.6 cm³/mol. The first-order valence-electron chi connectivity index (χ1n) is 7.13. The van der Waals surface area contributed by atoms with Gasteiger partial charge in [0.2, 0.25) is 5.95 Å². The molecule has 3 rings (SSSR count). The minimum atomic E-state index is 0.200. The quantitative estimate of drug-likeness (QED) is 0.595. The zero-order valence-electron chi connectivity index (χ0n) is 12.7. The Labute approximate surface area is 134 Å². The van der Waals surface area contributed by atoms with E-state index in [0.29, 0.717) is 11.7 Å². The number of nitrogens with two attached hydrogens (primary N) is 1. The molecule has 114 valence electrons. The van der Waals surface area contributed by atoms with E-state index in [1.165, 1.54) is 4.68 Å². The van der Waals surface area contributed by atoms with E-state index in [9.17, 15) is 0 Å². The fourth-order valence-corrected chi connectivity index (χ4v) is 2.37. The summed E-state index contributed by atoms with van der Waals surface area (Å²) in [7, 11) is 0. The number of rotatable bonds is 4. The number of nitrogen functional groups attached to an aromatic ring is 1. The lowest BCUT2D eigenvalue weighted by Crippen LogP contribution is -2.00. The summed E-state index contributed by atoms with van der Waals surface area (Å²) in [5, 5.41) is 6.51. The standard InChI is InChI=1S/C18H16N4O/c1-3-10-23-17-9-8-14-6-4-5-7-15(14)16(17)11-20-22-12-13(2)21-18(22)19/h1,4-9,11-12H,10H2,2H3,(H2,19,21). The number of hydrogen-bond donors (Lipinski definition) is 1. The van der Waals surface area contributed by atoms with Gasteiger partial charge >= 0.3 is 0 Å². The number of benzene rings is 2. The molecule has 0 aliphatic heterocycles. The molecule has 3 aromatic rings. The third-order valence-electron chi connectivity index (χ3n) is 3.39. The van der Waals surface area contributed by atoms with Crippen molar-refractivity contribution in [2.24, 2.45) is 5.10 Å². The number of aromatic nitrogens is 2. The van der Waals surface area contributed by atoms with Crippen molar-refractivity contribution in [2.75, 3.05) is 12.3 Å². The first-order chi connectivity index (χ1) is 11.2. The molecule has 0 unspecified atom stereocenters. The van der Waals surface area contributed by atoms with Crippen LogP contribution in [-0.4, -0.2) is 22.5 Å². The lowest BCUT2D eigenvalue weighted by Gasteiger charge is -2.09. The van der Waals surface area contributed by atoms with Gasteiger partial charge in [-0.25, -0.2) is 9.66 Å². The smallest absolute Gasteiger partial charge is 0.221 e. The molecule has 1 heterocycles. The van der Waals surface area contributed by atoms with Gasteiger partial charge in [-0.05, 0) is 23.8 Å². The zero-order valence-corrected chi connectivity index (χ0v) is 12.7. The first-order valence-corrected chi connectivity index (χ1v) is 7.13. The van der Waals surface area contributed by atoms with E-state index >= 15 is 0 Å². The normalized spacial score (nSPS) is 11.0. The summed E-state index contributed by atoms with van der Waals surface area (Å²) in [6, 6.07) is 11.9. The van der Waals surface area contributed by atoms with Gasteiger partial charge in [0, 0.05) is 5.56 Å². The molecule has 0 aliphatic rings. The van der Waals surface area contributed by atoms with Crippen LogP contribution in [0.3, 0.4) is 0 Å². The average Bonchev–Trinajstić information content (AvgIpc) is 2.88. The molecule has 0 amide bonds. The van der Waals surface area contributed by atoms with Crippen LogP contribution in [0.5, 0.6) is 5.75 Å². The molecule has 0 fully saturated rings. The van der Waals surface area contributed by atoms with Crippen molar-refractivity contribution >= 4 is 22.9 Å². The Balaban J connectivity index is 2.09. The van der Waals surface area contributed by atoms with Crippen LogP contribution in [-0.2, 0) is 0 Å². The maximum atomic E-state index is 5.82. The number of fused-ring (bicyclic) bond motifs is 1. The Bertz CT molecular complexity index is 918. The summed E-state index contributed by atoms with van der Waals surface area (Å²) < 4.78 is 7.16. The number of imidazole rings is 1. The minimum absolute atomic E-state index is 0.200. The Hall–Kier alpha value is -3.26. The van der Waals surface area contributed by atoms with Gasteiger partial charge in [0.05, 0.1) is 18.1 Å². The molecule has 5 heteroatoms. The molecule has 0 spiro atoms. The topological polar surface area (TPSA) is 65.4 Å². The van der Waals surface area contributed by atoms with E-state index in [1.54, 1.807) is 12.4 Å². The lowest BCUT2D eigenvalue weighted by molar-refractivity contribution is 0.370. The number of terminal acetylenes is 1. The van der Waals surface area contributed by atoms with Gasteiger partial charge in [-0.15, -0.1) is 6.42 Å². The number of aryl methyl sites for hydroxylation is 1. The minimum Gasteiger partial charge on any atom is -0.480 e. The molecular weight excluding hydrogens is 288 g/mol. The van der Waals surface area contributed by atoms with Crippen molar-refractivity contribution in [3.8, 4) is 18.1 Å². The molecule has 0 saturated carbocycles. The van der Waals surface area contributed by atoms with Crippen LogP contribution in [0.25, 0.3) is 10.8 Å². The van der Waals surface area contributed by atoms with Gasteiger partial charge in [0.25, 0.3) is 0 Å². The Morgan fingerprint density at radius 3 is 2.91 bits per heavy atom. The van der Waals surface area contributed by atoms with Gasteiger partial charge in [-0.1, -0.05) is 36.3 Å². The van der Waals surface area contributed by atoms with Crippen LogP contribution in [0, 0.1) is 19.3 Å². The van der Waals surface area contributed by atoms with E-state index in [4.69, 9.17) is 16.9 Å². The predicted octanol–water partition coefficient (Wildman–Crippen LogP) is 2.82. The van der Waals surface area contributed by atoms with Crippen molar-refractivity contribution in [3.05, 3.63) is 53.9 Å². The van der Waals surface area contributed by atoms with Crippen molar-refractivity contribution < 1.29 is 4.74 Å². The molecule has 0 aliphatic carbocycles. The second-order valence-electron chi connectivity index (χ2n) is 5.02. The van der Waals surface area contributed by atoms with Crippen molar-refractivity contribution in [3.63, 3.8) is 0 Å². The summed E-state index contributed by atoms with van der Waals surface area (Å²) in [5.74, 6) is 3.50. The van der Waals surface area contributed by atoms with Crippen LogP contribution in [0.4, 0.5) is 5.95 Å². The fourth-order valence-electron chi connectivity index (χ4n) is 2.37. The van der Waals surface area contributed by atoms with Gasteiger partial charge in [-0.3, -0.25) is 0 Å². The summed E-state index contributed by atoms with van der Waals surface area (Å²) in [6.45, 7) is 2.06. The summed E-state index contributed by atoms with van der Waals surface area (Å²) >= 11 is 0. The van der Waals surface area contributed by atoms with E-state index in [1.807, 2.05) is 43.3 Å². The van der Waals surface area contributed by atoms with Crippen LogP contribution in [0.1, 0.15) is 11.3 Å². The Morgan fingerprint density at radius 2 is 2.17 bits per heavy atom. The molecule has 0 saturated heterocycles. The molecule has 0 atom stereocenters. The highest BCUT2D eigenvalue weighted by Crippen LogP contribution is 2.26. The van der Waals surface area contributed by atoms with Crippen LogP contribution >= 0.6 is 0 Å². The van der Waals surface area contributed by atoms with Gasteiger partial charge in [-0.2, -0.15) is 5.10 Å². The molecular formula is C18H16N4O. The second kappa shape index (κ2) is 6.24. The van der Waals surface area contributed by atoms with Crippen molar-refractivity contribution in [1.82, 2.24) is 9.66 Å². The van der Waals surface area contributed by atoms with Crippen molar-refractivity contribution in [2.45, 2.75) is 6.92 Å². The first kappa shape index (κ1) is 14.7. The Kier molecular flexibility index (Phi) is 3.98. The molecule has 1 aromatic heterocycles. The number of nitrogens with zero attached hydrogens (tertiary/aromatic N) is 3. The third-order valence-corrected chi connectivity index (χ3v) is 3.39. The molecule has 0 radical (unpaired) electrons. The molecule has 2 aromatic carbocycles. The second-order valence-corrected chi connectivity index (χ2v) is 5.02. The lowest BCUT2D eigenvalue weighted by atomic mass is 10.0. The molecule has 23 heavy (non-hydrogen) atoms. The largest absolute Gasteiger partial charge is 0.480 e. The van der Waals surface area contributed by atoms with Crippen LogP contribution < -0.4 is 10.5 Å². The monoisotopic (exact) mass is 304 g/mol. The molecule has 2 N–H and O–H groups in total. The van der Waals surface area contributed by atoms with E-state index < -0.39 is 0 Å². The summed E-state index contributed by atoms with van der Waals surface area (Å²) in [5.41, 5.74) is 7.47. The van der Waals surface area contributed by atoms with E-state index in [0.717, 1.165) is 22.0 Å². The SMILES string of the molecule is C#CCOc1ccc2ccccc2c1C=Nn1cc(C)nc1N. The number of anilines is 1. The number of ether oxygens (including phenoxy) is 1. The zero-order chi connectivity index (χ0) is 16.2. The highest BCUT2D eigenvalue weighted by Gasteiger charge is 2.07. The van der Waals surface area contributed by atoms with Gasteiger partial charge in [0.15, 0.2) is 0 Å². The van der Waals surface area contributed by atoms with E-state index in [2.05, 4.69) is 16.0 Å². The van der Waals surface area contributed by atoms with E-state index in [-0.39, 0.29) is 6.61 Å². The maximum Gasteiger partial charge on any atom is 0.221 e. The molecule has 0 bridgehead atoms. The number of hydrogen-bond acceptors (Lipinski definition) is 4. The molecule has 5 nitrogen and oxygen atoms in total. The van der Waals surface area contributed by atoms with Gasteiger partial charge < -0.3 is 10.5 Å². The third kappa shape index (κ3) is 3.01. The summed E-state index contributed by atoms with van der Waals surface area (Å²) in [6.07, 6.45) is 8.77. The highest BCUT2D eigenvalue weighted by atomic mass is 16.5. The maximum absolute atomic E-state index is 5.82. The van der Waals surface area contributed by atoms with Crippen LogP contribution in [0.15, 0.2) is 47.7 Å². The fraction of sp³-hybridized carbons (Fsp3) is 0.111. The summed E-state index contributed by atoms with van der Waals surface area (Å²) in [4.78, 5) is 4.13. The van der Waals surface area contributed by atoms with Crippen LogP contribution in [0.2, 0.25) is 0 Å². The highest BCUT2D eigenvalue weighted by molar-refractivity contribution is 6.02. The average molecular weight is 304 g/mol. The Morgan fingerprint density at radius 1 is 1.35 bits per heavy atom. The van der Waals surface area contributed by atoms with Gasteiger partial charge in [0.1, 0.15) is 12.4 Å².